The van der Waals surface area contributed by atoms with E-state index in [4.69, 9.17) is 16.7 Å². The molecule has 1 N–H and O–H groups in total. The Balaban J connectivity index is 2.26. The zero-order chi connectivity index (χ0) is 13.1. The van der Waals surface area contributed by atoms with Crippen molar-refractivity contribution in [1.29, 1.82) is 0 Å². The molecule has 0 radical (unpaired) electrons. The minimum Gasteiger partial charge on any atom is -0.392 e. The van der Waals surface area contributed by atoms with Gasteiger partial charge >= 0.3 is 0 Å². The normalized spacial score (nSPS) is 12.4. The lowest BCUT2D eigenvalue weighted by Gasteiger charge is -2.26. The maximum absolute atomic E-state index is 9.04. The van der Waals surface area contributed by atoms with E-state index in [9.17, 15) is 0 Å². The number of hydrogen-bond acceptors (Lipinski definition) is 4. The van der Waals surface area contributed by atoms with Crippen molar-refractivity contribution in [3.63, 3.8) is 0 Å². The van der Waals surface area contributed by atoms with E-state index in [0.717, 1.165) is 11.4 Å². The molecule has 0 fully saturated rings. The lowest BCUT2D eigenvalue weighted by atomic mass is 10.2. The molecule has 0 bridgehead atoms. The second-order valence-electron chi connectivity index (χ2n) is 4.11. The molecule has 0 saturated carbocycles. The van der Waals surface area contributed by atoms with Crippen LogP contribution >= 0.6 is 22.9 Å². The molecule has 0 spiro atoms. The van der Waals surface area contributed by atoms with Gasteiger partial charge in [-0.05, 0) is 30.0 Å². The number of nitrogens with zero attached hydrogens (tertiary/aromatic N) is 2. The Morgan fingerprint density at radius 2 is 2.33 bits per heavy atom. The summed E-state index contributed by atoms with van der Waals surface area (Å²) in [5.41, 5.74) is 0.723. The predicted molar refractivity (Wildman–Crippen MR) is 76.3 cm³/mol. The molecule has 18 heavy (non-hydrogen) atoms. The van der Waals surface area contributed by atoms with Gasteiger partial charge in [-0.15, -0.1) is 11.3 Å². The molecular weight excluding hydrogens is 268 g/mol. The van der Waals surface area contributed by atoms with Crippen LogP contribution in [-0.2, 0) is 6.61 Å². The fourth-order valence-electron chi connectivity index (χ4n) is 1.72. The first-order valence-corrected chi connectivity index (χ1v) is 6.90. The maximum Gasteiger partial charge on any atom is 0.147 e. The van der Waals surface area contributed by atoms with Crippen molar-refractivity contribution in [2.45, 2.75) is 19.6 Å². The number of halogens is 1. The number of aliphatic hydroxyl groups is 1. The average Bonchev–Trinajstić information content (AvgIpc) is 2.90. The van der Waals surface area contributed by atoms with Gasteiger partial charge in [0.05, 0.1) is 17.7 Å². The molecule has 1 unspecified atom stereocenters. The highest BCUT2D eigenvalue weighted by molar-refractivity contribution is 7.10. The molecular formula is C13H15ClN2OS. The molecule has 5 heteroatoms. The van der Waals surface area contributed by atoms with Crippen LogP contribution in [0.15, 0.2) is 29.8 Å². The lowest BCUT2D eigenvalue weighted by Crippen LogP contribution is -2.22. The molecule has 3 nitrogen and oxygen atoms in total. The number of rotatable bonds is 4. The third-order valence-electron chi connectivity index (χ3n) is 2.93. The van der Waals surface area contributed by atoms with Gasteiger partial charge in [-0.25, -0.2) is 4.98 Å². The van der Waals surface area contributed by atoms with Crippen LogP contribution in [0, 0.1) is 0 Å². The van der Waals surface area contributed by atoms with Gasteiger partial charge in [0, 0.05) is 18.1 Å². The summed E-state index contributed by atoms with van der Waals surface area (Å²) < 4.78 is 0. The van der Waals surface area contributed by atoms with Crippen molar-refractivity contribution in [2.24, 2.45) is 0 Å². The summed E-state index contributed by atoms with van der Waals surface area (Å²) in [4.78, 5) is 7.62. The maximum atomic E-state index is 9.04. The van der Waals surface area contributed by atoms with Gasteiger partial charge in [0.25, 0.3) is 0 Å². The highest BCUT2D eigenvalue weighted by Gasteiger charge is 2.17. The standard InChI is InChI=1S/C13H15ClN2OS/c1-9(12-4-3-5-18-12)16(2)13-11(14)6-10(8-17)7-15-13/h3-7,9,17H,8H2,1-2H3. The quantitative estimate of drug-likeness (QED) is 0.933. The number of thiophene rings is 1. The zero-order valence-electron chi connectivity index (χ0n) is 10.3. The summed E-state index contributed by atoms with van der Waals surface area (Å²) in [6.07, 6.45) is 1.65. The van der Waals surface area contributed by atoms with E-state index in [-0.39, 0.29) is 12.6 Å². The minimum absolute atomic E-state index is 0.0445. The highest BCUT2D eigenvalue weighted by Crippen LogP contribution is 2.31. The second kappa shape index (κ2) is 5.69. The van der Waals surface area contributed by atoms with E-state index >= 15 is 0 Å². The summed E-state index contributed by atoms with van der Waals surface area (Å²) in [6.45, 7) is 2.07. The van der Waals surface area contributed by atoms with Gasteiger partial charge < -0.3 is 10.0 Å². The molecule has 2 aromatic rings. The van der Waals surface area contributed by atoms with E-state index in [1.54, 1.807) is 23.6 Å². The molecule has 0 aliphatic rings. The first-order chi connectivity index (χ1) is 8.63. The fourth-order valence-corrected chi connectivity index (χ4v) is 2.87. The monoisotopic (exact) mass is 282 g/mol. The predicted octanol–water partition coefficient (Wildman–Crippen LogP) is 3.49. The Bertz CT molecular complexity index is 516. The molecule has 0 aromatic carbocycles. The molecule has 0 saturated heterocycles. The number of anilines is 1. The largest absolute Gasteiger partial charge is 0.392 e. The summed E-state index contributed by atoms with van der Waals surface area (Å²) in [5.74, 6) is 0.731. The summed E-state index contributed by atoms with van der Waals surface area (Å²) in [5, 5.41) is 11.7. The van der Waals surface area contributed by atoms with Crippen LogP contribution in [0.3, 0.4) is 0 Å². The molecule has 0 aliphatic heterocycles. The topological polar surface area (TPSA) is 36.4 Å². The van der Waals surface area contributed by atoms with Crippen LogP contribution in [0.2, 0.25) is 5.02 Å². The van der Waals surface area contributed by atoms with Crippen LogP contribution in [0.1, 0.15) is 23.4 Å². The van der Waals surface area contributed by atoms with Crippen molar-refractivity contribution in [2.75, 3.05) is 11.9 Å². The third kappa shape index (κ3) is 2.66. The van der Waals surface area contributed by atoms with E-state index < -0.39 is 0 Å². The van der Waals surface area contributed by atoms with Crippen molar-refractivity contribution in [1.82, 2.24) is 4.98 Å². The van der Waals surface area contributed by atoms with Gasteiger partial charge in [0.15, 0.2) is 0 Å². The molecule has 2 heterocycles. The summed E-state index contributed by atoms with van der Waals surface area (Å²) in [6, 6.07) is 6.10. The van der Waals surface area contributed by atoms with Crippen LogP contribution in [0.25, 0.3) is 0 Å². The first-order valence-electron chi connectivity index (χ1n) is 5.65. The van der Waals surface area contributed by atoms with Gasteiger partial charge in [0.2, 0.25) is 0 Å². The van der Waals surface area contributed by atoms with Crippen LogP contribution in [0.4, 0.5) is 5.82 Å². The smallest absolute Gasteiger partial charge is 0.147 e. The first kappa shape index (κ1) is 13.3. The number of hydrogen-bond donors (Lipinski definition) is 1. The summed E-state index contributed by atoms with van der Waals surface area (Å²) >= 11 is 7.91. The Hall–Kier alpha value is -1.10. The summed E-state index contributed by atoms with van der Waals surface area (Å²) in [7, 11) is 1.97. The number of aliphatic hydroxyl groups excluding tert-OH is 1. The molecule has 2 aromatic heterocycles. The second-order valence-corrected chi connectivity index (χ2v) is 5.50. The van der Waals surface area contributed by atoms with E-state index in [0.29, 0.717) is 5.02 Å². The zero-order valence-corrected chi connectivity index (χ0v) is 11.9. The van der Waals surface area contributed by atoms with Gasteiger partial charge in [-0.2, -0.15) is 0 Å². The molecule has 2 rings (SSSR count). The average molecular weight is 283 g/mol. The molecule has 0 amide bonds. The fraction of sp³-hybridized carbons (Fsp3) is 0.308. The van der Waals surface area contributed by atoms with Crippen LogP contribution in [-0.4, -0.2) is 17.1 Å². The SMILES string of the molecule is CC(c1cccs1)N(C)c1ncc(CO)cc1Cl. The van der Waals surface area contributed by atoms with Crippen molar-refractivity contribution in [3.8, 4) is 0 Å². The van der Waals surface area contributed by atoms with Crippen molar-refractivity contribution >= 4 is 28.8 Å². The molecule has 0 aliphatic carbocycles. The highest BCUT2D eigenvalue weighted by atomic mass is 35.5. The molecule has 1 atom stereocenters. The lowest BCUT2D eigenvalue weighted by molar-refractivity contribution is 0.281. The van der Waals surface area contributed by atoms with E-state index in [1.165, 1.54) is 4.88 Å². The van der Waals surface area contributed by atoms with E-state index in [1.807, 2.05) is 18.0 Å². The minimum atomic E-state index is -0.0445. The third-order valence-corrected chi connectivity index (χ3v) is 4.25. The Morgan fingerprint density at radius 1 is 1.56 bits per heavy atom. The number of pyridine rings is 1. The van der Waals surface area contributed by atoms with Gasteiger partial charge in [-0.3, -0.25) is 0 Å². The van der Waals surface area contributed by atoms with Crippen molar-refractivity contribution in [3.05, 3.63) is 45.2 Å². The van der Waals surface area contributed by atoms with Gasteiger partial charge in [-0.1, -0.05) is 17.7 Å². The van der Waals surface area contributed by atoms with E-state index in [2.05, 4.69) is 23.4 Å². The van der Waals surface area contributed by atoms with Crippen LogP contribution in [0.5, 0.6) is 0 Å². The Morgan fingerprint density at radius 3 is 2.89 bits per heavy atom. The van der Waals surface area contributed by atoms with Crippen LogP contribution < -0.4 is 4.90 Å². The molecule has 96 valence electrons. The Labute approximate surface area is 116 Å². The van der Waals surface area contributed by atoms with Crippen molar-refractivity contribution < 1.29 is 5.11 Å². The number of aromatic nitrogens is 1. The Kier molecular flexibility index (Phi) is 4.22. The van der Waals surface area contributed by atoms with Gasteiger partial charge in [0.1, 0.15) is 5.82 Å².